The van der Waals surface area contributed by atoms with E-state index >= 15 is 0 Å². The van der Waals surface area contributed by atoms with Crippen LogP contribution in [0.3, 0.4) is 0 Å². The molecule has 0 spiro atoms. The molecule has 0 aliphatic rings. The Kier molecular flexibility index (Phi) is 4.88. The third-order valence-electron chi connectivity index (χ3n) is 3.00. The molecule has 4 heteroatoms. The van der Waals surface area contributed by atoms with Crippen molar-refractivity contribution < 1.29 is 9.15 Å². The van der Waals surface area contributed by atoms with Crippen LogP contribution in [-0.4, -0.2) is 13.7 Å². The molecule has 0 aliphatic carbocycles. The van der Waals surface area contributed by atoms with Crippen molar-refractivity contribution in [1.29, 1.82) is 0 Å². The SMILES string of the molecule is CCNC(Cc1ccco1)c1cc(Cl)ccc1OC. The number of hydrogen-bond acceptors (Lipinski definition) is 3. The summed E-state index contributed by atoms with van der Waals surface area (Å²) in [4.78, 5) is 0. The normalized spacial score (nSPS) is 12.4. The van der Waals surface area contributed by atoms with Gasteiger partial charge in [0, 0.05) is 23.0 Å². The number of likely N-dealkylation sites (N-methyl/N-ethyl adjacent to an activating group) is 1. The third-order valence-corrected chi connectivity index (χ3v) is 3.24. The molecular formula is C15H18ClNO2. The highest BCUT2D eigenvalue weighted by molar-refractivity contribution is 6.30. The fraction of sp³-hybridized carbons (Fsp3) is 0.333. The number of rotatable bonds is 6. The molecule has 0 saturated carbocycles. The first-order valence-corrected chi connectivity index (χ1v) is 6.71. The van der Waals surface area contributed by atoms with Crippen LogP contribution in [0.2, 0.25) is 5.02 Å². The fourth-order valence-corrected chi connectivity index (χ4v) is 2.33. The van der Waals surface area contributed by atoms with Crippen LogP contribution in [0.25, 0.3) is 0 Å². The number of ether oxygens (including phenoxy) is 1. The van der Waals surface area contributed by atoms with E-state index < -0.39 is 0 Å². The van der Waals surface area contributed by atoms with E-state index in [9.17, 15) is 0 Å². The summed E-state index contributed by atoms with van der Waals surface area (Å²) in [5, 5.41) is 4.15. The van der Waals surface area contributed by atoms with Crippen LogP contribution >= 0.6 is 11.6 Å². The summed E-state index contributed by atoms with van der Waals surface area (Å²) in [6.07, 6.45) is 2.45. The van der Waals surface area contributed by atoms with Crippen molar-refractivity contribution in [2.75, 3.05) is 13.7 Å². The summed E-state index contributed by atoms with van der Waals surface area (Å²) in [5.74, 6) is 1.77. The van der Waals surface area contributed by atoms with Crippen molar-refractivity contribution in [3.8, 4) is 5.75 Å². The number of benzene rings is 1. The van der Waals surface area contributed by atoms with Gasteiger partial charge >= 0.3 is 0 Å². The van der Waals surface area contributed by atoms with E-state index in [1.54, 1.807) is 13.4 Å². The van der Waals surface area contributed by atoms with Gasteiger partial charge in [-0.1, -0.05) is 18.5 Å². The number of methoxy groups -OCH3 is 1. The van der Waals surface area contributed by atoms with Crippen LogP contribution in [0.1, 0.15) is 24.3 Å². The van der Waals surface area contributed by atoms with Crippen LogP contribution < -0.4 is 10.1 Å². The summed E-state index contributed by atoms with van der Waals surface area (Å²) in [7, 11) is 1.67. The Bertz CT molecular complexity index is 511. The maximum atomic E-state index is 6.09. The molecule has 1 atom stereocenters. The van der Waals surface area contributed by atoms with Crippen LogP contribution in [0.15, 0.2) is 41.0 Å². The predicted molar refractivity (Wildman–Crippen MR) is 76.8 cm³/mol. The van der Waals surface area contributed by atoms with Gasteiger partial charge in [0.05, 0.1) is 13.4 Å². The Morgan fingerprint density at radius 2 is 2.21 bits per heavy atom. The molecule has 2 rings (SSSR count). The van der Waals surface area contributed by atoms with Crippen molar-refractivity contribution in [3.05, 3.63) is 52.9 Å². The minimum absolute atomic E-state index is 0.116. The topological polar surface area (TPSA) is 34.4 Å². The van der Waals surface area contributed by atoms with Crippen LogP contribution in [0.4, 0.5) is 0 Å². The maximum Gasteiger partial charge on any atom is 0.123 e. The molecule has 0 aliphatic heterocycles. The Labute approximate surface area is 118 Å². The van der Waals surface area contributed by atoms with Gasteiger partial charge in [-0.05, 0) is 36.9 Å². The van der Waals surface area contributed by atoms with Gasteiger partial charge in [-0.15, -0.1) is 0 Å². The molecular weight excluding hydrogens is 262 g/mol. The van der Waals surface area contributed by atoms with Crippen molar-refractivity contribution >= 4 is 11.6 Å². The molecule has 0 amide bonds. The Hall–Kier alpha value is -1.45. The lowest BCUT2D eigenvalue weighted by molar-refractivity contribution is 0.393. The molecule has 1 unspecified atom stereocenters. The molecule has 0 radical (unpaired) electrons. The number of furan rings is 1. The summed E-state index contributed by atoms with van der Waals surface area (Å²) in [5.41, 5.74) is 1.05. The first kappa shape index (κ1) is 14.0. The largest absolute Gasteiger partial charge is 0.496 e. The average molecular weight is 280 g/mol. The zero-order valence-electron chi connectivity index (χ0n) is 11.2. The van der Waals surface area contributed by atoms with Crippen molar-refractivity contribution in [2.45, 2.75) is 19.4 Å². The van der Waals surface area contributed by atoms with Crippen molar-refractivity contribution in [1.82, 2.24) is 5.32 Å². The lowest BCUT2D eigenvalue weighted by Gasteiger charge is -2.20. The van der Waals surface area contributed by atoms with Gasteiger partial charge in [0.1, 0.15) is 11.5 Å². The van der Waals surface area contributed by atoms with E-state index in [0.717, 1.165) is 30.0 Å². The number of halogens is 1. The molecule has 0 fully saturated rings. The number of nitrogens with one attached hydrogen (secondary N) is 1. The number of hydrogen-bond donors (Lipinski definition) is 1. The zero-order chi connectivity index (χ0) is 13.7. The molecule has 102 valence electrons. The quantitative estimate of drug-likeness (QED) is 0.872. The first-order chi connectivity index (χ1) is 9.24. The van der Waals surface area contributed by atoms with E-state index in [0.29, 0.717) is 5.02 Å². The molecule has 3 nitrogen and oxygen atoms in total. The summed E-state index contributed by atoms with van der Waals surface area (Å²) in [6, 6.07) is 9.65. The van der Waals surface area contributed by atoms with E-state index in [2.05, 4.69) is 12.2 Å². The van der Waals surface area contributed by atoms with Crippen molar-refractivity contribution in [2.24, 2.45) is 0 Å². The molecule has 1 aromatic heterocycles. The van der Waals surface area contributed by atoms with Gasteiger partial charge in [-0.2, -0.15) is 0 Å². The van der Waals surface area contributed by atoms with E-state index in [4.69, 9.17) is 20.8 Å². The highest BCUT2D eigenvalue weighted by Crippen LogP contribution is 2.30. The Balaban J connectivity index is 2.29. The molecule has 19 heavy (non-hydrogen) atoms. The Morgan fingerprint density at radius 3 is 2.84 bits per heavy atom. The summed E-state index contributed by atoms with van der Waals surface area (Å²) < 4.78 is 10.8. The van der Waals surface area contributed by atoms with Gasteiger partial charge in [0.2, 0.25) is 0 Å². The third kappa shape index (κ3) is 3.52. The first-order valence-electron chi connectivity index (χ1n) is 6.33. The molecule has 1 heterocycles. The zero-order valence-corrected chi connectivity index (χ0v) is 11.9. The lowest BCUT2D eigenvalue weighted by Crippen LogP contribution is -2.23. The summed E-state index contributed by atoms with van der Waals surface area (Å²) >= 11 is 6.09. The Morgan fingerprint density at radius 1 is 1.37 bits per heavy atom. The van der Waals surface area contributed by atoms with E-state index in [1.807, 2.05) is 30.3 Å². The van der Waals surface area contributed by atoms with Crippen LogP contribution in [-0.2, 0) is 6.42 Å². The van der Waals surface area contributed by atoms with E-state index in [-0.39, 0.29) is 6.04 Å². The second-order valence-electron chi connectivity index (χ2n) is 4.28. The minimum atomic E-state index is 0.116. The average Bonchev–Trinajstić information content (AvgIpc) is 2.91. The van der Waals surface area contributed by atoms with Gasteiger partial charge in [0.25, 0.3) is 0 Å². The molecule has 2 aromatic rings. The molecule has 0 saturated heterocycles. The highest BCUT2D eigenvalue weighted by Gasteiger charge is 2.17. The standard InChI is InChI=1S/C15H18ClNO2/c1-3-17-14(10-12-5-4-8-19-12)13-9-11(16)6-7-15(13)18-2/h4-9,14,17H,3,10H2,1-2H3. The second kappa shape index (κ2) is 6.64. The maximum absolute atomic E-state index is 6.09. The van der Waals surface area contributed by atoms with Crippen LogP contribution in [0, 0.1) is 0 Å². The smallest absolute Gasteiger partial charge is 0.123 e. The van der Waals surface area contributed by atoms with Gasteiger partial charge in [-0.25, -0.2) is 0 Å². The monoisotopic (exact) mass is 279 g/mol. The molecule has 1 aromatic carbocycles. The molecule has 1 N–H and O–H groups in total. The van der Waals surface area contributed by atoms with Crippen molar-refractivity contribution in [3.63, 3.8) is 0 Å². The summed E-state index contributed by atoms with van der Waals surface area (Å²) in [6.45, 7) is 2.94. The highest BCUT2D eigenvalue weighted by atomic mass is 35.5. The lowest BCUT2D eigenvalue weighted by atomic mass is 10.0. The van der Waals surface area contributed by atoms with Gasteiger partial charge in [-0.3, -0.25) is 0 Å². The fourth-order valence-electron chi connectivity index (χ4n) is 2.15. The van der Waals surface area contributed by atoms with Gasteiger partial charge in [0.15, 0.2) is 0 Å². The second-order valence-corrected chi connectivity index (χ2v) is 4.72. The van der Waals surface area contributed by atoms with Gasteiger partial charge < -0.3 is 14.5 Å². The minimum Gasteiger partial charge on any atom is -0.496 e. The van der Waals surface area contributed by atoms with E-state index in [1.165, 1.54) is 0 Å². The molecule has 0 bridgehead atoms. The predicted octanol–water partition coefficient (Wildman–Crippen LogP) is 3.83. The van der Waals surface area contributed by atoms with Crippen LogP contribution in [0.5, 0.6) is 5.75 Å².